The van der Waals surface area contributed by atoms with Crippen LogP contribution in [0.3, 0.4) is 0 Å². The summed E-state index contributed by atoms with van der Waals surface area (Å²) in [7, 11) is 0. The number of nitrogens with one attached hydrogen (secondary N) is 1. The summed E-state index contributed by atoms with van der Waals surface area (Å²) < 4.78 is 0. The van der Waals surface area contributed by atoms with Crippen molar-refractivity contribution in [1.82, 2.24) is 9.99 Å². The molecular weight excluding hydrogens is 268 g/mol. The van der Waals surface area contributed by atoms with Gasteiger partial charge in [0.15, 0.2) is 5.82 Å². The maximum absolute atomic E-state index is 6.03. The Balaban J connectivity index is 2.11. The molecule has 3 nitrogen and oxygen atoms in total. The van der Waals surface area contributed by atoms with Crippen molar-refractivity contribution in [2.24, 2.45) is 0 Å². The molecule has 0 radical (unpaired) electrons. The SMILES string of the molecule is Clc1cc(Cl)c(NN2CCCCC2)nc1Cl. The number of hydrazine groups is 1. The van der Waals surface area contributed by atoms with E-state index in [1.807, 2.05) is 0 Å². The van der Waals surface area contributed by atoms with Gasteiger partial charge in [-0.05, 0) is 18.9 Å². The molecule has 0 saturated carbocycles. The Morgan fingerprint density at radius 3 is 2.44 bits per heavy atom. The third-order valence-corrected chi connectivity index (χ3v) is 3.47. The van der Waals surface area contributed by atoms with Gasteiger partial charge in [-0.2, -0.15) is 0 Å². The van der Waals surface area contributed by atoms with Crippen molar-refractivity contribution >= 4 is 40.6 Å². The van der Waals surface area contributed by atoms with E-state index in [4.69, 9.17) is 34.8 Å². The quantitative estimate of drug-likeness (QED) is 0.834. The van der Waals surface area contributed by atoms with Crippen molar-refractivity contribution in [2.45, 2.75) is 19.3 Å². The molecule has 0 aliphatic carbocycles. The molecule has 1 N–H and O–H groups in total. The van der Waals surface area contributed by atoms with Crippen LogP contribution in [0.2, 0.25) is 15.2 Å². The van der Waals surface area contributed by atoms with Gasteiger partial charge < -0.3 is 5.43 Å². The van der Waals surface area contributed by atoms with E-state index in [0.29, 0.717) is 15.9 Å². The highest BCUT2D eigenvalue weighted by atomic mass is 35.5. The summed E-state index contributed by atoms with van der Waals surface area (Å²) in [5, 5.41) is 3.23. The largest absolute Gasteiger partial charge is 0.302 e. The number of aromatic nitrogens is 1. The molecule has 16 heavy (non-hydrogen) atoms. The zero-order chi connectivity index (χ0) is 11.5. The molecular formula is C10H12Cl3N3. The normalized spacial score (nSPS) is 17.4. The fraction of sp³-hybridized carbons (Fsp3) is 0.500. The average molecular weight is 281 g/mol. The van der Waals surface area contributed by atoms with Crippen LogP contribution in [0.15, 0.2) is 6.07 Å². The minimum absolute atomic E-state index is 0.269. The van der Waals surface area contributed by atoms with Crippen LogP contribution >= 0.6 is 34.8 Å². The molecule has 1 saturated heterocycles. The molecule has 0 bridgehead atoms. The Morgan fingerprint density at radius 1 is 1.06 bits per heavy atom. The summed E-state index contributed by atoms with van der Waals surface area (Å²) in [6, 6.07) is 1.60. The standard InChI is InChI=1S/C10H12Cl3N3/c11-7-6-8(12)10(14-9(7)13)15-16-4-2-1-3-5-16/h6H,1-5H2,(H,14,15). The van der Waals surface area contributed by atoms with Gasteiger partial charge in [0.25, 0.3) is 0 Å². The summed E-state index contributed by atoms with van der Waals surface area (Å²) in [4.78, 5) is 4.12. The van der Waals surface area contributed by atoms with Crippen LogP contribution in [0, 0.1) is 0 Å². The molecule has 1 aromatic heterocycles. The van der Waals surface area contributed by atoms with Crippen molar-refractivity contribution in [3.05, 3.63) is 21.3 Å². The van der Waals surface area contributed by atoms with Crippen LogP contribution < -0.4 is 5.43 Å². The minimum atomic E-state index is 0.269. The lowest BCUT2D eigenvalue weighted by molar-refractivity contribution is 0.272. The third kappa shape index (κ3) is 2.92. The van der Waals surface area contributed by atoms with Gasteiger partial charge in [0, 0.05) is 13.1 Å². The van der Waals surface area contributed by atoms with E-state index >= 15 is 0 Å². The lowest BCUT2D eigenvalue weighted by atomic mass is 10.2. The highest BCUT2D eigenvalue weighted by Gasteiger charge is 2.13. The van der Waals surface area contributed by atoms with Gasteiger partial charge in [-0.3, -0.25) is 0 Å². The van der Waals surface area contributed by atoms with Gasteiger partial charge in [-0.25, -0.2) is 9.99 Å². The van der Waals surface area contributed by atoms with Crippen LogP contribution in [-0.4, -0.2) is 23.1 Å². The van der Waals surface area contributed by atoms with Crippen molar-refractivity contribution in [2.75, 3.05) is 18.5 Å². The summed E-state index contributed by atoms with van der Waals surface area (Å²) in [5.41, 5.74) is 3.16. The molecule has 0 unspecified atom stereocenters. The Bertz CT molecular complexity index is 378. The number of rotatable bonds is 2. The van der Waals surface area contributed by atoms with E-state index in [0.717, 1.165) is 13.1 Å². The van der Waals surface area contributed by atoms with Crippen LogP contribution in [0.5, 0.6) is 0 Å². The number of pyridine rings is 1. The van der Waals surface area contributed by atoms with Crippen molar-refractivity contribution in [3.63, 3.8) is 0 Å². The fourth-order valence-electron chi connectivity index (χ4n) is 1.68. The molecule has 88 valence electrons. The molecule has 0 aromatic carbocycles. The molecule has 0 atom stereocenters. The topological polar surface area (TPSA) is 28.2 Å². The zero-order valence-electron chi connectivity index (χ0n) is 8.64. The summed E-state index contributed by atoms with van der Waals surface area (Å²) in [6.07, 6.45) is 3.65. The summed E-state index contributed by atoms with van der Waals surface area (Å²) in [6.45, 7) is 2.00. The van der Waals surface area contributed by atoms with E-state index in [1.54, 1.807) is 6.07 Å². The highest BCUT2D eigenvalue weighted by Crippen LogP contribution is 2.29. The van der Waals surface area contributed by atoms with Crippen molar-refractivity contribution < 1.29 is 0 Å². The summed E-state index contributed by atoms with van der Waals surface area (Å²) in [5.74, 6) is 0.568. The number of hydrogen-bond acceptors (Lipinski definition) is 3. The van der Waals surface area contributed by atoms with Gasteiger partial charge in [-0.15, -0.1) is 0 Å². The van der Waals surface area contributed by atoms with E-state index in [2.05, 4.69) is 15.4 Å². The van der Waals surface area contributed by atoms with E-state index < -0.39 is 0 Å². The first kappa shape index (κ1) is 12.2. The monoisotopic (exact) mass is 279 g/mol. The third-order valence-electron chi connectivity index (χ3n) is 2.51. The lowest BCUT2D eigenvalue weighted by Crippen LogP contribution is -2.35. The smallest absolute Gasteiger partial charge is 0.161 e. The second-order valence-corrected chi connectivity index (χ2v) is 4.92. The number of hydrogen-bond donors (Lipinski definition) is 1. The first-order valence-electron chi connectivity index (χ1n) is 5.20. The minimum Gasteiger partial charge on any atom is -0.302 e. The molecule has 2 heterocycles. The van der Waals surface area contributed by atoms with E-state index in [9.17, 15) is 0 Å². The Morgan fingerprint density at radius 2 is 1.75 bits per heavy atom. The van der Waals surface area contributed by atoms with Crippen molar-refractivity contribution in [3.8, 4) is 0 Å². The molecule has 1 fully saturated rings. The van der Waals surface area contributed by atoms with E-state index in [-0.39, 0.29) is 5.15 Å². The first-order chi connectivity index (χ1) is 7.66. The second kappa shape index (κ2) is 5.41. The average Bonchev–Trinajstić information content (AvgIpc) is 2.27. The molecule has 1 aromatic rings. The summed E-state index contributed by atoms with van der Waals surface area (Å²) >= 11 is 17.7. The van der Waals surface area contributed by atoms with Crippen LogP contribution in [0.1, 0.15) is 19.3 Å². The highest BCUT2D eigenvalue weighted by molar-refractivity contribution is 6.42. The number of anilines is 1. The van der Waals surface area contributed by atoms with Crippen molar-refractivity contribution in [1.29, 1.82) is 0 Å². The number of nitrogens with zero attached hydrogens (tertiary/aromatic N) is 2. The number of piperidine rings is 1. The van der Waals surface area contributed by atoms with E-state index in [1.165, 1.54) is 19.3 Å². The van der Waals surface area contributed by atoms with Gasteiger partial charge in [0.1, 0.15) is 5.15 Å². The maximum atomic E-state index is 6.03. The van der Waals surface area contributed by atoms with Gasteiger partial charge in [0.05, 0.1) is 10.0 Å². The molecule has 0 amide bonds. The molecule has 1 aliphatic heterocycles. The van der Waals surface area contributed by atoms with Crippen LogP contribution in [0.4, 0.5) is 5.82 Å². The zero-order valence-corrected chi connectivity index (χ0v) is 10.9. The van der Waals surface area contributed by atoms with Crippen LogP contribution in [-0.2, 0) is 0 Å². The Labute approximate surface area is 110 Å². The predicted molar refractivity (Wildman–Crippen MR) is 68.3 cm³/mol. The molecule has 0 spiro atoms. The lowest BCUT2D eigenvalue weighted by Gasteiger charge is -2.27. The maximum Gasteiger partial charge on any atom is 0.161 e. The molecule has 6 heteroatoms. The number of halogens is 3. The molecule has 2 rings (SSSR count). The fourth-order valence-corrected chi connectivity index (χ4v) is 2.22. The molecule has 1 aliphatic rings. The Hall–Kier alpha value is -0.220. The predicted octanol–water partition coefficient (Wildman–Crippen LogP) is 3.85. The van der Waals surface area contributed by atoms with Gasteiger partial charge in [0.2, 0.25) is 0 Å². The Kier molecular flexibility index (Phi) is 4.14. The van der Waals surface area contributed by atoms with Crippen LogP contribution in [0.25, 0.3) is 0 Å². The second-order valence-electron chi connectivity index (χ2n) is 3.75. The van der Waals surface area contributed by atoms with Gasteiger partial charge in [-0.1, -0.05) is 41.2 Å². The van der Waals surface area contributed by atoms with Gasteiger partial charge >= 0.3 is 0 Å². The first-order valence-corrected chi connectivity index (χ1v) is 6.33.